The third-order valence-corrected chi connectivity index (χ3v) is 2.72. The predicted octanol–water partition coefficient (Wildman–Crippen LogP) is 1.04. The molecule has 1 saturated heterocycles. The molecule has 2 rings (SSSR count). The monoisotopic (exact) mass is 279 g/mol. The molecule has 0 aliphatic carbocycles. The zero-order valence-corrected chi connectivity index (χ0v) is 12.2. The van der Waals surface area contributed by atoms with Crippen LogP contribution in [0.15, 0.2) is 18.5 Å². The number of anilines is 1. The van der Waals surface area contributed by atoms with E-state index in [-0.39, 0.29) is 6.09 Å². The molecule has 7 heteroatoms. The molecular formula is C13H21N5O2. The molecule has 0 spiro atoms. The summed E-state index contributed by atoms with van der Waals surface area (Å²) in [5.74, 6) is 0.610. The average Bonchev–Trinajstić information content (AvgIpc) is 2.63. The molecular weight excluding hydrogens is 258 g/mol. The van der Waals surface area contributed by atoms with Gasteiger partial charge in [-0.1, -0.05) is 0 Å². The molecule has 0 aromatic carbocycles. The first-order valence-corrected chi connectivity index (χ1v) is 6.72. The number of nitrogens with one attached hydrogen (secondary N) is 1. The van der Waals surface area contributed by atoms with Gasteiger partial charge in [0.05, 0.1) is 6.54 Å². The maximum atomic E-state index is 12.0. The minimum absolute atomic E-state index is 0.282. The summed E-state index contributed by atoms with van der Waals surface area (Å²) < 4.78 is 5.38. The average molecular weight is 279 g/mol. The zero-order chi connectivity index (χ0) is 14.6. The summed E-state index contributed by atoms with van der Waals surface area (Å²) >= 11 is 0. The lowest BCUT2D eigenvalue weighted by Gasteiger charge is -2.26. The molecule has 110 valence electrons. The number of amides is 1. The van der Waals surface area contributed by atoms with Crippen molar-refractivity contribution in [3.05, 3.63) is 18.5 Å². The first-order valence-electron chi connectivity index (χ1n) is 6.72. The zero-order valence-electron chi connectivity index (χ0n) is 12.2. The largest absolute Gasteiger partial charge is 0.444 e. The molecule has 0 saturated carbocycles. The van der Waals surface area contributed by atoms with Crippen LogP contribution in [-0.2, 0) is 4.74 Å². The SMILES string of the molecule is CC(C)(C)OC(=O)N1CCNN(c2ncccn2)CC1. The Morgan fingerprint density at radius 1 is 1.25 bits per heavy atom. The van der Waals surface area contributed by atoms with E-state index in [1.807, 2.05) is 25.8 Å². The fraction of sp³-hybridized carbons (Fsp3) is 0.615. The Bertz CT molecular complexity index is 446. The Hall–Kier alpha value is -1.89. The van der Waals surface area contributed by atoms with Crippen LogP contribution in [-0.4, -0.2) is 52.7 Å². The van der Waals surface area contributed by atoms with Crippen molar-refractivity contribution in [2.24, 2.45) is 0 Å². The van der Waals surface area contributed by atoms with E-state index in [4.69, 9.17) is 4.74 Å². The van der Waals surface area contributed by atoms with E-state index >= 15 is 0 Å². The Labute approximate surface area is 118 Å². The lowest BCUT2D eigenvalue weighted by Crippen LogP contribution is -2.40. The van der Waals surface area contributed by atoms with E-state index < -0.39 is 5.60 Å². The first kappa shape index (κ1) is 14.5. The number of hydrazine groups is 1. The Morgan fingerprint density at radius 2 is 1.95 bits per heavy atom. The highest BCUT2D eigenvalue weighted by molar-refractivity contribution is 5.68. The van der Waals surface area contributed by atoms with Crippen molar-refractivity contribution in [1.82, 2.24) is 20.3 Å². The fourth-order valence-corrected chi connectivity index (χ4v) is 1.84. The maximum Gasteiger partial charge on any atom is 0.410 e. The highest BCUT2D eigenvalue weighted by Gasteiger charge is 2.24. The van der Waals surface area contributed by atoms with E-state index in [1.165, 1.54) is 0 Å². The summed E-state index contributed by atoms with van der Waals surface area (Å²) in [6, 6.07) is 1.77. The van der Waals surface area contributed by atoms with Gasteiger partial charge in [-0.15, -0.1) is 0 Å². The van der Waals surface area contributed by atoms with E-state index in [0.29, 0.717) is 32.1 Å². The second kappa shape index (κ2) is 6.04. The standard InChI is InChI=1S/C13H21N5O2/c1-13(2,3)20-12(19)17-8-7-16-18(10-9-17)11-14-5-4-6-15-11/h4-6,16H,7-10H2,1-3H3. The molecule has 1 aliphatic rings. The van der Waals surface area contributed by atoms with Crippen LogP contribution in [0, 0.1) is 0 Å². The summed E-state index contributed by atoms with van der Waals surface area (Å²) in [4.78, 5) is 22.1. The summed E-state index contributed by atoms with van der Waals surface area (Å²) in [5, 5.41) is 1.85. The molecule has 1 aromatic heterocycles. The number of rotatable bonds is 1. The van der Waals surface area contributed by atoms with E-state index in [2.05, 4.69) is 15.4 Å². The number of hydrogen-bond donors (Lipinski definition) is 1. The van der Waals surface area contributed by atoms with Gasteiger partial charge in [0, 0.05) is 32.0 Å². The highest BCUT2D eigenvalue weighted by Crippen LogP contribution is 2.11. The van der Waals surface area contributed by atoms with Gasteiger partial charge in [-0.3, -0.25) is 5.01 Å². The summed E-state index contributed by atoms with van der Waals surface area (Å²) in [5.41, 5.74) is 2.73. The molecule has 20 heavy (non-hydrogen) atoms. The molecule has 1 aliphatic heterocycles. The van der Waals surface area contributed by atoms with Gasteiger partial charge in [0.1, 0.15) is 5.60 Å². The molecule has 1 aromatic rings. The van der Waals surface area contributed by atoms with Crippen LogP contribution in [0.25, 0.3) is 0 Å². The van der Waals surface area contributed by atoms with Gasteiger partial charge in [0.25, 0.3) is 0 Å². The van der Waals surface area contributed by atoms with Crippen LogP contribution in [0.3, 0.4) is 0 Å². The normalized spacial score (nSPS) is 16.8. The van der Waals surface area contributed by atoms with Crippen molar-refractivity contribution >= 4 is 12.0 Å². The third kappa shape index (κ3) is 4.06. The number of carbonyl (C=O) groups is 1. The van der Waals surface area contributed by atoms with Crippen molar-refractivity contribution in [2.75, 3.05) is 31.2 Å². The van der Waals surface area contributed by atoms with Crippen LogP contribution >= 0.6 is 0 Å². The van der Waals surface area contributed by atoms with Crippen molar-refractivity contribution in [3.8, 4) is 0 Å². The van der Waals surface area contributed by atoms with Gasteiger partial charge >= 0.3 is 6.09 Å². The first-order chi connectivity index (χ1) is 9.46. The van der Waals surface area contributed by atoms with E-state index in [1.54, 1.807) is 23.4 Å². The van der Waals surface area contributed by atoms with Crippen LogP contribution < -0.4 is 10.4 Å². The van der Waals surface area contributed by atoms with E-state index in [0.717, 1.165) is 0 Å². The molecule has 2 heterocycles. The van der Waals surface area contributed by atoms with Gasteiger partial charge in [0.15, 0.2) is 0 Å². The Morgan fingerprint density at radius 3 is 2.60 bits per heavy atom. The molecule has 0 radical (unpaired) electrons. The van der Waals surface area contributed by atoms with Gasteiger partial charge < -0.3 is 9.64 Å². The molecule has 0 bridgehead atoms. The van der Waals surface area contributed by atoms with Crippen molar-refractivity contribution in [1.29, 1.82) is 0 Å². The number of carbonyl (C=O) groups excluding carboxylic acids is 1. The predicted molar refractivity (Wildman–Crippen MR) is 75.2 cm³/mol. The second-order valence-electron chi connectivity index (χ2n) is 5.58. The number of nitrogens with zero attached hydrogens (tertiary/aromatic N) is 4. The van der Waals surface area contributed by atoms with Crippen molar-refractivity contribution in [2.45, 2.75) is 26.4 Å². The van der Waals surface area contributed by atoms with Crippen LogP contribution in [0.2, 0.25) is 0 Å². The highest BCUT2D eigenvalue weighted by atomic mass is 16.6. The van der Waals surface area contributed by atoms with Crippen LogP contribution in [0.1, 0.15) is 20.8 Å². The van der Waals surface area contributed by atoms with Gasteiger partial charge in [-0.2, -0.15) is 0 Å². The maximum absolute atomic E-state index is 12.0. The Balaban J connectivity index is 1.94. The minimum atomic E-state index is -0.473. The van der Waals surface area contributed by atoms with Crippen molar-refractivity contribution < 1.29 is 9.53 Å². The Kier molecular flexibility index (Phi) is 4.39. The number of ether oxygens (including phenoxy) is 1. The molecule has 1 N–H and O–H groups in total. The molecule has 1 amide bonds. The number of aromatic nitrogens is 2. The minimum Gasteiger partial charge on any atom is -0.444 e. The topological polar surface area (TPSA) is 70.6 Å². The van der Waals surface area contributed by atoms with E-state index in [9.17, 15) is 4.79 Å². The third-order valence-electron chi connectivity index (χ3n) is 2.72. The summed E-state index contributed by atoms with van der Waals surface area (Å²) in [7, 11) is 0. The van der Waals surface area contributed by atoms with Gasteiger partial charge in [-0.05, 0) is 26.8 Å². The fourth-order valence-electron chi connectivity index (χ4n) is 1.84. The smallest absolute Gasteiger partial charge is 0.410 e. The molecule has 1 fully saturated rings. The summed E-state index contributed by atoms with van der Waals surface area (Å²) in [6.07, 6.45) is 3.11. The molecule has 0 atom stereocenters. The van der Waals surface area contributed by atoms with Crippen LogP contribution in [0.4, 0.5) is 10.7 Å². The van der Waals surface area contributed by atoms with Crippen molar-refractivity contribution in [3.63, 3.8) is 0 Å². The number of hydrogen-bond acceptors (Lipinski definition) is 6. The molecule has 7 nitrogen and oxygen atoms in total. The second-order valence-corrected chi connectivity index (χ2v) is 5.58. The molecule has 0 unspecified atom stereocenters. The van der Waals surface area contributed by atoms with Crippen LogP contribution in [0.5, 0.6) is 0 Å². The lowest BCUT2D eigenvalue weighted by molar-refractivity contribution is 0.0268. The van der Waals surface area contributed by atoms with Gasteiger partial charge in [0.2, 0.25) is 5.95 Å². The lowest BCUT2D eigenvalue weighted by atomic mass is 10.2. The summed E-state index contributed by atoms with van der Waals surface area (Å²) in [6.45, 7) is 8.01. The quantitative estimate of drug-likeness (QED) is 0.828. The van der Waals surface area contributed by atoms with Gasteiger partial charge in [-0.25, -0.2) is 20.2 Å².